The molecule has 0 amide bonds. The van der Waals surface area contributed by atoms with Gasteiger partial charge in [-0.1, -0.05) is 13.8 Å². The van der Waals surface area contributed by atoms with Gasteiger partial charge in [0.1, 0.15) is 0 Å². The minimum Gasteiger partial charge on any atom is -0.392 e. The predicted octanol–water partition coefficient (Wildman–Crippen LogP) is 3.53. The summed E-state index contributed by atoms with van der Waals surface area (Å²) in [5.41, 5.74) is 0.724. The molecule has 0 saturated carbocycles. The Hall–Kier alpha value is -1.56. The number of hydrogen-bond donors (Lipinski definition) is 1. The van der Waals surface area contributed by atoms with E-state index in [1.807, 2.05) is 20.8 Å². The molecule has 2 atom stereocenters. The average Bonchev–Trinajstić information content (AvgIpc) is 2.79. The van der Waals surface area contributed by atoms with E-state index in [1.54, 1.807) is 5.01 Å². The van der Waals surface area contributed by atoms with Gasteiger partial charge in [-0.3, -0.25) is 5.01 Å². The van der Waals surface area contributed by atoms with Crippen molar-refractivity contribution >= 4 is 11.4 Å². The molecule has 1 aliphatic heterocycles. The second kappa shape index (κ2) is 5.67. The van der Waals surface area contributed by atoms with Gasteiger partial charge in [-0.2, -0.15) is 18.3 Å². The van der Waals surface area contributed by atoms with Crippen LogP contribution in [0.2, 0.25) is 0 Å². The summed E-state index contributed by atoms with van der Waals surface area (Å²) in [5.74, 6) is 0.0139. The zero-order valence-corrected chi connectivity index (χ0v) is 12.2. The van der Waals surface area contributed by atoms with Gasteiger partial charge in [0.2, 0.25) is 0 Å². The number of nitrogens with zero attached hydrogens (tertiary/aromatic N) is 2. The van der Waals surface area contributed by atoms with Gasteiger partial charge in [-0.25, -0.2) is 0 Å². The van der Waals surface area contributed by atoms with Gasteiger partial charge < -0.3 is 5.11 Å². The zero-order chi connectivity index (χ0) is 15.8. The third-order valence-electron chi connectivity index (χ3n) is 3.77. The van der Waals surface area contributed by atoms with Crippen LogP contribution in [0.25, 0.3) is 0 Å². The lowest BCUT2D eigenvalue weighted by Crippen LogP contribution is -2.33. The summed E-state index contributed by atoms with van der Waals surface area (Å²) in [7, 11) is 0. The van der Waals surface area contributed by atoms with Gasteiger partial charge in [0.15, 0.2) is 0 Å². The van der Waals surface area contributed by atoms with Crippen LogP contribution in [0, 0.1) is 11.8 Å². The molecule has 3 nitrogen and oxygen atoms in total. The second-order valence-electron chi connectivity index (χ2n) is 5.71. The number of anilines is 1. The Labute approximate surface area is 122 Å². The third-order valence-corrected chi connectivity index (χ3v) is 3.77. The smallest absolute Gasteiger partial charge is 0.392 e. The standard InChI is InChI=1S/C15H19F3N2O/c1-9(2)14(21)13-8-20(19-10(13)3)12-6-4-11(5-7-12)15(16,17)18/h4-7,9,13-14,21H,8H2,1-3H3. The molecule has 1 heterocycles. The Balaban J connectivity index is 2.14. The van der Waals surface area contributed by atoms with Crippen molar-refractivity contribution in [1.29, 1.82) is 0 Å². The fraction of sp³-hybridized carbons (Fsp3) is 0.533. The van der Waals surface area contributed by atoms with Crippen LogP contribution in [0.5, 0.6) is 0 Å². The first-order chi connectivity index (χ1) is 9.70. The molecule has 0 spiro atoms. The molecule has 1 N–H and O–H groups in total. The molecular formula is C15H19F3N2O. The maximum absolute atomic E-state index is 12.5. The van der Waals surface area contributed by atoms with Crippen molar-refractivity contribution in [2.24, 2.45) is 16.9 Å². The van der Waals surface area contributed by atoms with E-state index in [1.165, 1.54) is 12.1 Å². The van der Waals surface area contributed by atoms with E-state index in [9.17, 15) is 18.3 Å². The number of benzene rings is 1. The zero-order valence-electron chi connectivity index (χ0n) is 12.2. The highest BCUT2D eigenvalue weighted by molar-refractivity contribution is 5.88. The van der Waals surface area contributed by atoms with Crippen LogP contribution in [0.15, 0.2) is 29.4 Å². The number of alkyl halides is 3. The van der Waals surface area contributed by atoms with E-state index >= 15 is 0 Å². The molecule has 1 aromatic rings. The minimum atomic E-state index is -4.33. The second-order valence-corrected chi connectivity index (χ2v) is 5.71. The van der Waals surface area contributed by atoms with Crippen LogP contribution in [0.4, 0.5) is 18.9 Å². The summed E-state index contributed by atoms with van der Waals surface area (Å²) in [4.78, 5) is 0. The Morgan fingerprint density at radius 1 is 1.24 bits per heavy atom. The molecule has 0 bridgehead atoms. The van der Waals surface area contributed by atoms with E-state index in [2.05, 4.69) is 5.10 Å². The van der Waals surface area contributed by atoms with Gasteiger partial charge in [0.05, 0.1) is 23.9 Å². The molecule has 2 unspecified atom stereocenters. The fourth-order valence-corrected chi connectivity index (χ4v) is 2.43. The van der Waals surface area contributed by atoms with E-state index in [0.29, 0.717) is 12.2 Å². The summed E-state index contributed by atoms with van der Waals surface area (Å²) < 4.78 is 37.6. The van der Waals surface area contributed by atoms with Crippen molar-refractivity contribution in [2.45, 2.75) is 33.1 Å². The normalized spacial score (nSPS) is 20.9. The summed E-state index contributed by atoms with van der Waals surface area (Å²) in [6.07, 6.45) is -4.84. The first-order valence-corrected chi connectivity index (χ1v) is 6.88. The average molecular weight is 300 g/mol. The number of hydrogen-bond acceptors (Lipinski definition) is 3. The van der Waals surface area contributed by atoms with Crippen molar-refractivity contribution < 1.29 is 18.3 Å². The van der Waals surface area contributed by atoms with Gasteiger partial charge in [0, 0.05) is 11.6 Å². The molecule has 116 valence electrons. The molecule has 1 aromatic carbocycles. The monoisotopic (exact) mass is 300 g/mol. The molecule has 2 rings (SSSR count). The van der Waals surface area contributed by atoms with Gasteiger partial charge in [0.25, 0.3) is 0 Å². The van der Waals surface area contributed by atoms with Crippen molar-refractivity contribution in [2.75, 3.05) is 11.6 Å². The lowest BCUT2D eigenvalue weighted by Gasteiger charge is -2.23. The summed E-state index contributed by atoms with van der Waals surface area (Å²) >= 11 is 0. The van der Waals surface area contributed by atoms with E-state index in [0.717, 1.165) is 17.8 Å². The summed E-state index contributed by atoms with van der Waals surface area (Å²) in [5, 5.41) is 16.1. The Kier molecular flexibility index (Phi) is 4.27. The van der Waals surface area contributed by atoms with Crippen molar-refractivity contribution in [3.63, 3.8) is 0 Å². The molecule has 0 aliphatic carbocycles. The summed E-state index contributed by atoms with van der Waals surface area (Å²) in [6.45, 7) is 6.17. The van der Waals surface area contributed by atoms with Crippen LogP contribution in [-0.4, -0.2) is 23.5 Å². The maximum atomic E-state index is 12.5. The van der Waals surface area contributed by atoms with Crippen LogP contribution in [-0.2, 0) is 6.18 Å². The quantitative estimate of drug-likeness (QED) is 0.927. The first-order valence-electron chi connectivity index (χ1n) is 6.88. The van der Waals surface area contributed by atoms with Gasteiger partial charge in [-0.05, 0) is 37.1 Å². The van der Waals surface area contributed by atoms with Crippen LogP contribution in [0.3, 0.4) is 0 Å². The fourth-order valence-electron chi connectivity index (χ4n) is 2.43. The maximum Gasteiger partial charge on any atom is 0.416 e. The highest BCUT2D eigenvalue weighted by Crippen LogP contribution is 2.32. The summed E-state index contributed by atoms with van der Waals surface area (Å²) in [6, 6.07) is 4.91. The van der Waals surface area contributed by atoms with Gasteiger partial charge in [-0.15, -0.1) is 0 Å². The Morgan fingerprint density at radius 2 is 1.81 bits per heavy atom. The number of aliphatic hydroxyl groups is 1. The molecular weight excluding hydrogens is 281 g/mol. The molecule has 0 radical (unpaired) electrons. The Morgan fingerprint density at radius 3 is 2.29 bits per heavy atom. The number of halogens is 3. The number of aliphatic hydroxyl groups excluding tert-OH is 1. The molecule has 21 heavy (non-hydrogen) atoms. The molecule has 0 fully saturated rings. The molecule has 1 aliphatic rings. The predicted molar refractivity (Wildman–Crippen MR) is 76.2 cm³/mol. The Bertz CT molecular complexity index is 523. The van der Waals surface area contributed by atoms with E-state index in [4.69, 9.17) is 0 Å². The number of rotatable bonds is 3. The molecule has 0 aromatic heterocycles. The molecule has 0 saturated heterocycles. The largest absolute Gasteiger partial charge is 0.416 e. The topological polar surface area (TPSA) is 35.8 Å². The van der Waals surface area contributed by atoms with E-state index in [-0.39, 0.29) is 11.8 Å². The van der Waals surface area contributed by atoms with Crippen LogP contribution >= 0.6 is 0 Å². The highest BCUT2D eigenvalue weighted by Gasteiger charge is 2.33. The SMILES string of the molecule is CC1=NN(c2ccc(C(F)(F)F)cc2)CC1C(O)C(C)C. The van der Waals surface area contributed by atoms with Crippen LogP contribution < -0.4 is 5.01 Å². The van der Waals surface area contributed by atoms with E-state index < -0.39 is 17.8 Å². The minimum absolute atomic E-state index is 0.0905. The van der Waals surface area contributed by atoms with Crippen molar-refractivity contribution in [3.8, 4) is 0 Å². The molecule has 6 heteroatoms. The van der Waals surface area contributed by atoms with Crippen molar-refractivity contribution in [1.82, 2.24) is 0 Å². The third kappa shape index (κ3) is 3.37. The number of hydrazone groups is 1. The highest BCUT2D eigenvalue weighted by atomic mass is 19.4. The van der Waals surface area contributed by atoms with Crippen LogP contribution in [0.1, 0.15) is 26.3 Å². The van der Waals surface area contributed by atoms with Crippen molar-refractivity contribution in [3.05, 3.63) is 29.8 Å². The first kappa shape index (κ1) is 15.8. The van der Waals surface area contributed by atoms with Gasteiger partial charge >= 0.3 is 6.18 Å². The lowest BCUT2D eigenvalue weighted by atomic mass is 9.90. The lowest BCUT2D eigenvalue weighted by molar-refractivity contribution is -0.137.